The molecule has 2 aliphatic rings. The highest BCUT2D eigenvalue weighted by atomic mass is 19.1. The fourth-order valence-electron chi connectivity index (χ4n) is 4.50. The van der Waals surface area contributed by atoms with Gasteiger partial charge in [-0.15, -0.1) is 0 Å². The van der Waals surface area contributed by atoms with Gasteiger partial charge in [-0.2, -0.15) is 0 Å². The minimum Gasteiger partial charge on any atom is -0.508 e. The number of halogens is 1. The smallest absolute Gasteiger partial charge is 0.240 e. The molecule has 2 saturated heterocycles. The average Bonchev–Trinajstić information content (AvgIpc) is 2.91. The number of amides is 1. The Balaban J connectivity index is 1.43. The number of benzene rings is 2. The zero-order valence-electron chi connectivity index (χ0n) is 16.1. The lowest BCUT2D eigenvalue weighted by Gasteiger charge is -2.29. The second-order valence-electron chi connectivity index (χ2n) is 7.97. The number of hydrogen-bond acceptors (Lipinski definition) is 3. The summed E-state index contributed by atoms with van der Waals surface area (Å²) < 4.78 is 13.1. The molecule has 2 unspecified atom stereocenters. The van der Waals surface area contributed by atoms with Gasteiger partial charge in [0.1, 0.15) is 11.6 Å². The van der Waals surface area contributed by atoms with Crippen molar-refractivity contribution < 1.29 is 14.3 Å². The Bertz CT molecular complexity index is 806. The first kappa shape index (κ1) is 18.9. The van der Waals surface area contributed by atoms with Gasteiger partial charge in [0.15, 0.2) is 0 Å². The summed E-state index contributed by atoms with van der Waals surface area (Å²) >= 11 is 0. The summed E-state index contributed by atoms with van der Waals surface area (Å²) in [5.74, 6) is 0.619. The van der Waals surface area contributed by atoms with Crippen molar-refractivity contribution in [3.8, 4) is 5.75 Å². The maximum atomic E-state index is 13.1. The molecular formula is C23H27FN2O2. The Kier molecular flexibility index (Phi) is 5.62. The van der Waals surface area contributed by atoms with E-state index in [0.29, 0.717) is 12.5 Å². The summed E-state index contributed by atoms with van der Waals surface area (Å²) in [5, 5.41) is 9.55. The Hall–Kier alpha value is -2.40. The van der Waals surface area contributed by atoms with Crippen LogP contribution < -0.4 is 0 Å². The van der Waals surface area contributed by atoms with Gasteiger partial charge in [0.2, 0.25) is 5.91 Å². The van der Waals surface area contributed by atoms with Crippen molar-refractivity contribution in [3.05, 3.63) is 65.5 Å². The molecule has 0 spiro atoms. The zero-order valence-corrected chi connectivity index (χ0v) is 16.1. The molecule has 5 heteroatoms. The molecule has 2 aromatic rings. The average molecular weight is 382 g/mol. The molecule has 148 valence electrons. The van der Waals surface area contributed by atoms with E-state index in [4.69, 9.17) is 0 Å². The van der Waals surface area contributed by atoms with Gasteiger partial charge in [-0.05, 0) is 67.1 Å². The molecule has 0 saturated carbocycles. The van der Waals surface area contributed by atoms with E-state index in [2.05, 4.69) is 4.90 Å². The van der Waals surface area contributed by atoms with Crippen LogP contribution in [0.25, 0.3) is 0 Å². The molecule has 1 amide bonds. The minimum atomic E-state index is -0.251. The second kappa shape index (κ2) is 8.31. The van der Waals surface area contributed by atoms with Crippen molar-refractivity contribution in [3.63, 3.8) is 0 Å². The largest absolute Gasteiger partial charge is 0.508 e. The van der Waals surface area contributed by atoms with Crippen LogP contribution in [0.5, 0.6) is 5.75 Å². The number of likely N-dealkylation sites (tertiary alicyclic amines) is 2. The third-order valence-electron chi connectivity index (χ3n) is 6.06. The van der Waals surface area contributed by atoms with E-state index < -0.39 is 0 Å². The summed E-state index contributed by atoms with van der Waals surface area (Å²) in [4.78, 5) is 17.3. The summed E-state index contributed by atoms with van der Waals surface area (Å²) in [6.07, 6.45) is 4.22. The van der Waals surface area contributed by atoms with Gasteiger partial charge in [0, 0.05) is 19.6 Å². The molecule has 0 radical (unpaired) electrons. The van der Waals surface area contributed by atoms with Crippen LogP contribution in [0.4, 0.5) is 4.39 Å². The van der Waals surface area contributed by atoms with Crippen LogP contribution in [0, 0.1) is 5.82 Å². The van der Waals surface area contributed by atoms with Crippen LogP contribution in [0.2, 0.25) is 0 Å². The summed E-state index contributed by atoms with van der Waals surface area (Å²) in [6, 6.07) is 13.8. The van der Waals surface area contributed by atoms with Crippen LogP contribution in [0.3, 0.4) is 0 Å². The molecule has 0 aromatic heterocycles. The first-order valence-electron chi connectivity index (χ1n) is 10.2. The first-order valence-corrected chi connectivity index (χ1v) is 10.2. The number of phenolic OH excluding ortho intramolecular Hbond substituents is 1. The molecule has 28 heavy (non-hydrogen) atoms. The van der Waals surface area contributed by atoms with E-state index in [1.807, 2.05) is 17.0 Å². The predicted molar refractivity (Wildman–Crippen MR) is 106 cm³/mol. The van der Waals surface area contributed by atoms with Crippen LogP contribution in [0.15, 0.2) is 48.5 Å². The Morgan fingerprint density at radius 2 is 1.71 bits per heavy atom. The molecule has 2 aliphatic heterocycles. The summed E-state index contributed by atoms with van der Waals surface area (Å²) in [5.41, 5.74) is 2.20. The Morgan fingerprint density at radius 1 is 0.964 bits per heavy atom. The van der Waals surface area contributed by atoms with E-state index in [1.165, 1.54) is 17.7 Å². The van der Waals surface area contributed by atoms with Crippen LogP contribution in [-0.4, -0.2) is 46.5 Å². The molecular weight excluding hydrogens is 355 g/mol. The topological polar surface area (TPSA) is 43.8 Å². The number of carbonyl (C=O) groups excluding carboxylic acids is 1. The number of rotatable bonds is 4. The lowest BCUT2D eigenvalue weighted by atomic mass is 9.94. The molecule has 2 heterocycles. The lowest BCUT2D eigenvalue weighted by molar-refractivity contribution is -0.132. The van der Waals surface area contributed by atoms with Crippen LogP contribution in [-0.2, 0) is 11.3 Å². The number of phenols is 1. The van der Waals surface area contributed by atoms with Gasteiger partial charge in [0.05, 0.1) is 6.04 Å². The molecule has 1 N–H and O–H groups in total. The molecule has 4 rings (SSSR count). The third kappa shape index (κ3) is 4.20. The lowest BCUT2D eigenvalue weighted by Crippen LogP contribution is -2.43. The minimum absolute atomic E-state index is 0.0573. The fourth-order valence-corrected chi connectivity index (χ4v) is 4.50. The van der Waals surface area contributed by atoms with Gasteiger partial charge < -0.3 is 10.0 Å². The van der Waals surface area contributed by atoms with Crippen molar-refractivity contribution in [2.75, 3.05) is 19.6 Å². The molecule has 2 fully saturated rings. The predicted octanol–water partition coefficient (Wildman–Crippen LogP) is 3.90. The van der Waals surface area contributed by atoms with Crippen LogP contribution in [0.1, 0.15) is 42.7 Å². The number of carbonyl (C=O) groups is 1. The maximum absolute atomic E-state index is 13.1. The third-order valence-corrected chi connectivity index (χ3v) is 6.06. The molecule has 2 atom stereocenters. The molecule has 4 nitrogen and oxygen atoms in total. The second-order valence-corrected chi connectivity index (χ2v) is 7.97. The van der Waals surface area contributed by atoms with Crippen LogP contribution >= 0.6 is 0 Å². The van der Waals surface area contributed by atoms with Gasteiger partial charge in [-0.25, -0.2) is 4.39 Å². The standard InChI is InChI=1S/C23H27FN2O2/c24-20-8-4-17(5-9-20)15-26-14-12-22(23(26)28)25-13-2-1-3-19(16-25)18-6-10-21(27)11-7-18/h4-11,19,22,27H,1-3,12-16H2. The zero-order chi connectivity index (χ0) is 19.5. The van der Waals surface area contributed by atoms with Crippen molar-refractivity contribution in [1.29, 1.82) is 0 Å². The van der Waals surface area contributed by atoms with Gasteiger partial charge >= 0.3 is 0 Å². The molecule has 2 aromatic carbocycles. The Labute approximate surface area is 165 Å². The molecule has 0 bridgehead atoms. The van der Waals surface area contributed by atoms with Crippen molar-refractivity contribution in [2.24, 2.45) is 0 Å². The fraction of sp³-hybridized carbons (Fsp3) is 0.435. The summed E-state index contributed by atoms with van der Waals surface area (Å²) in [6.45, 7) is 3.13. The molecule has 0 aliphatic carbocycles. The monoisotopic (exact) mass is 382 g/mol. The van der Waals surface area contributed by atoms with E-state index in [1.54, 1.807) is 24.3 Å². The number of nitrogens with zero attached hydrogens (tertiary/aromatic N) is 2. The van der Waals surface area contributed by atoms with E-state index in [-0.39, 0.29) is 23.5 Å². The highest BCUT2D eigenvalue weighted by Crippen LogP contribution is 2.30. The van der Waals surface area contributed by atoms with E-state index in [9.17, 15) is 14.3 Å². The SMILES string of the molecule is O=C1C(N2CCCCC(c3ccc(O)cc3)C2)CCN1Cc1ccc(F)cc1. The van der Waals surface area contributed by atoms with Gasteiger partial charge in [-0.1, -0.05) is 30.7 Å². The number of hydrogen-bond donors (Lipinski definition) is 1. The van der Waals surface area contributed by atoms with E-state index >= 15 is 0 Å². The van der Waals surface area contributed by atoms with Crippen molar-refractivity contribution in [2.45, 2.75) is 44.2 Å². The first-order chi connectivity index (χ1) is 13.6. The van der Waals surface area contributed by atoms with Crippen molar-refractivity contribution in [1.82, 2.24) is 9.80 Å². The van der Waals surface area contributed by atoms with Gasteiger partial charge in [0.25, 0.3) is 0 Å². The highest BCUT2D eigenvalue weighted by Gasteiger charge is 2.37. The van der Waals surface area contributed by atoms with Crippen molar-refractivity contribution >= 4 is 5.91 Å². The van der Waals surface area contributed by atoms with Gasteiger partial charge in [-0.3, -0.25) is 9.69 Å². The normalized spacial score (nSPS) is 23.8. The Morgan fingerprint density at radius 3 is 2.46 bits per heavy atom. The highest BCUT2D eigenvalue weighted by molar-refractivity contribution is 5.84. The van der Waals surface area contributed by atoms with E-state index in [0.717, 1.165) is 50.9 Å². The maximum Gasteiger partial charge on any atom is 0.240 e. The number of aromatic hydroxyl groups is 1. The quantitative estimate of drug-likeness (QED) is 0.872. The summed E-state index contributed by atoms with van der Waals surface area (Å²) in [7, 11) is 0.